The molecule has 0 amide bonds. The van der Waals surface area contributed by atoms with Gasteiger partial charge in [-0.3, -0.25) is 18.7 Å². The third-order valence-corrected chi connectivity index (χ3v) is 5.87. The fourth-order valence-electron chi connectivity index (χ4n) is 4.20. The molecule has 0 fully saturated rings. The first-order valence-corrected chi connectivity index (χ1v) is 11.1. The first-order chi connectivity index (χ1) is 15.9. The molecule has 7 heteroatoms. The van der Waals surface area contributed by atoms with Gasteiger partial charge in [-0.15, -0.1) is 0 Å². The van der Waals surface area contributed by atoms with Crippen molar-refractivity contribution in [1.82, 2.24) is 13.7 Å². The number of unbranched alkanes of at least 4 members (excludes halogenated alkanes) is 1. The van der Waals surface area contributed by atoms with Crippen LogP contribution in [0, 0.1) is 0 Å². The Kier molecular flexibility index (Phi) is 6.31. The molecule has 0 unspecified atom stereocenters. The monoisotopic (exact) mass is 445 g/mol. The summed E-state index contributed by atoms with van der Waals surface area (Å²) in [6.07, 6.45) is 7.73. The molecule has 0 aliphatic rings. The third kappa shape index (κ3) is 4.39. The van der Waals surface area contributed by atoms with Crippen LogP contribution in [0.1, 0.15) is 37.3 Å². The van der Waals surface area contributed by atoms with E-state index < -0.39 is 17.2 Å². The van der Waals surface area contributed by atoms with Crippen molar-refractivity contribution in [2.24, 2.45) is 7.05 Å². The van der Waals surface area contributed by atoms with Crippen LogP contribution in [-0.2, 0) is 24.9 Å². The Bertz CT molecular complexity index is 1490. The average molecular weight is 446 g/mol. The maximum Gasteiger partial charge on any atom is 0.331 e. The molecule has 0 saturated heterocycles. The van der Waals surface area contributed by atoms with Crippen molar-refractivity contribution >= 4 is 33.9 Å². The number of hydrogen-bond acceptors (Lipinski definition) is 3. The molecule has 2 aromatic heterocycles. The number of allylic oxidation sites excluding steroid dienone is 1. The van der Waals surface area contributed by atoms with Crippen molar-refractivity contribution in [3.05, 3.63) is 86.7 Å². The quantitative estimate of drug-likeness (QED) is 0.444. The zero-order chi connectivity index (χ0) is 23.5. The summed E-state index contributed by atoms with van der Waals surface area (Å²) < 4.78 is 4.63. The topological polar surface area (TPSA) is 86.2 Å². The van der Waals surface area contributed by atoms with Crippen molar-refractivity contribution in [1.29, 1.82) is 0 Å². The Balaban J connectivity index is 1.93. The van der Waals surface area contributed by atoms with Crippen LogP contribution in [0.15, 0.2) is 64.3 Å². The summed E-state index contributed by atoms with van der Waals surface area (Å²) >= 11 is 0. The maximum absolute atomic E-state index is 13.4. The van der Waals surface area contributed by atoms with Crippen LogP contribution >= 0.6 is 0 Å². The maximum atomic E-state index is 13.4. The number of carboxylic acid groups (broad SMARTS) is 1. The van der Waals surface area contributed by atoms with Crippen LogP contribution in [0.3, 0.4) is 0 Å². The first-order valence-electron chi connectivity index (χ1n) is 11.1. The number of aliphatic carboxylic acids is 1. The fourth-order valence-corrected chi connectivity index (χ4v) is 4.20. The molecule has 0 atom stereocenters. The number of para-hydroxylation sites is 1. The van der Waals surface area contributed by atoms with E-state index in [1.54, 1.807) is 10.6 Å². The molecule has 4 aromatic rings. The first kappa shape index (κ1) is 22.3. The van der Waals surface area contributed by atoms with Crippen LogP contribution < -0.4 is 11.2 Å². The highest BCUT2D eigenvalue weighted by atomic mass is 16.4. The number of carbonyl (C=O) groups is 1. The average Bonchev–Trinajstić information content (AvgIpc) is 3.12. The van der Waals surface area contributed by atoms with E-state index in [4.69, 9.17) is 5.11 Å². The second-order valence-corrected chi connectivity index (χ2v) is 8.22. The minimum atomic E-state index is -1.06. The molecule has 0 aliphatic carbocycles. The Morgan fingerprint density at radius 2 is 1.82 bits per heavy atom. The Hall–Kier alpha value is -3.87. The van der Waals surface area contributed by atoms with Gasteiger partial charge in [0.25, 0.3) is 5.56 Å². The molecule has 33 heavy (non-hydrogen) atoms. The Morgan fingerprint density at radius 1 is 1.03 bits per heavy atom. The van der Waals surface area contributed by atoms with E-state index in [0.29, 0.717) is 10.9 Å². The van der Waals surface area contributed by atoms with Crippen LogP contribution in [-0.4, -0.2) is 24.8 Å². The molecule has 0 spiro atoms. The highest BCUT2D eigenvalue weighted by Gasteiger charge is 2.16. The summed E-state index contributed by atoms with van der Waals surface area (Å²) in [6, 6.07) is 13.4. The lowest BCUT2D eigenvalue weighted by molar-refractivity contribution is -0.137. The molecule has 0 aliphatic heterocycles. The summed E-state index contributed by atoms with van der Waals surface area (Å²) in [4.78, 5) is 37.7. The molecule has 1 N–H and O–H groups in total. The van der Waals surface area contributed by atoms with E-state index in [-0.39, 0.29) is 19.5 Å². The summed E-state index contributed by atoms with van der Waals surface area (Å²) in [5, 5.41) is 10.5. The van der Waals surface area contributed by atoms with Gasteiger partial charge < -0.3 is 9.67 Å². The SMILES string of the molecule is CCCC=Cc1ccc2c(=O)n(CCC(=O)O)c(=O)n(Cc3cn(C)c4ccccc34)c2c1. The van der Waals surface area contributed by atoms with E-state index in [9.17, 15) is 14.4 Å². The van der Waals surface area contributed by atoms with E-state index in [2.05, 4.69) is 13.0 Å². The van der Waals surface area contributed by atoms with Gasteiger partial charge in [0.2, 0.25) is 0 Å². The van der Waals surface area contributed by atoms with Gasteiger partial charge in [-0.2, -0.15) is 0 Å². The van der Waals surface area contributed by atoms with Gasteiger partial charge in [0.15, 0.2) is 0 Å². The summed E-state index contributed by atoms with van der Waals surface area (Å²) in [6.45, 7) is 2.20. The molecule has 170 valence electrons. The van der Waals surface area contributed by atoms with Gasteiger partial charge in [0, 0.05) is 30.7 Å². The molecule has 2 heterocycles. The minimum absolute atomic E-state index is 0.170. The van der Waals surface area contributed by atoms with Crippen molar-refractivity contribution < 1.29 is 9.90 Å². The van der Waals surface area contributed by atoms with Crippen LogP contribution in [0.5, 0.6) is 0 Å². The molecular formula is C26H27N3O4. The van der Waals surface area contributed by atoms with Crippen LogP contribution in [0.4, 0.5) is 0 Å². The van der Waals surface area contributed by atoms with Gasteiger partial charge in [-0.05, 0) is 35.7 Å². The van der Waals surface area contributed by atoms with Gasteiger partial charge in [0.1, 0.15) is 0 Å². The Morgan fingerprint density at radius 3 is 2.58 bits per heavy atom. The zero-order valence-corrected chi connectivity index (χ0v) is 18.8. The molecular weight excluding hydrogens is 418 g/mol. The van der Waals surface area contributed by atoms with Crippen molar-refractivity contribution in [3.8, 4) is 0 Å². The van der Waals surface area contributed by atoms with Crippen molar-refractivity contribution in [3.63, 3.8) is 0 Å². The van der Waals surface area contributed by atoms with Crippen LogP contribution in [0.25, 0.3) is 27.9 Å². The molecule has 0 saturated carbocycles. The molecule has 2 aromatic carbocycles. The fraction of sp³-hybridized carbons (Fsp3) is 0.269. The van der Waals surface area contributed by atoms with E-state index >= 15 is 0 Å². The van der Waals surface area contributed by atoms with E-state index in [1.165, 1.54) is 0 Å². The smallest absolute Gasteiger partial charge is 0.331 e. The van der Waals surface area contributed by atoms with Gasteiger partial charge >= 0.3 is 11.7 Å². The molecule has 0 radical (unpaired) electrons. The second kappa shape index (κ2) is 9.32. The third-order valence-electron chi connectivity index (χ3n) is 5.87. The molecule has 4 rings (SSSR count). The summed E-state index contributed by atoms with van der Waals surface area (Å²) in [5.74, 6) is -1.06. The minimum Gasteiger partial charge on any atom is -0.481 e. The number of rotatable bonds is 8. The lowest BCUT2D eigenvalue weighted by atomic mass is 10.1. The second-order valence-electron chi connectivity index (χ2n) is 8.22. The largest absolute Gasteiger partial charge is 0.481 e. The number of nitrogens with zero attached hydrogens (tertiary/aromatic N) is 3. The molecule has 7 nitrogen and oxygen atoms in total. The molecule has 0 bridgehead atoms. The number of benzene rings is 2. The van der Waals surface area contributed by atoms with Gasteiger partial charge in [0.05, 0.1) is 23.9 Å². The standard InChI is InChI=1S/C26H27N3O4/c1-3-4-5-8-18-11-12-21-23(15-18)29(26(33)28(25(21)32)14-13-24(30)31)17-19-16-27(2)22-10-7-6-9-20(19)22/h5-12,15-16H,3-4,13-14,17H2,1-2H3,(H,30,31). The number of aryl methyl sites for hydroxylation is 1. The van der Waals surface area contributed by atoms with Gasteiger partial charge in [-0.1, -0.05) is 49.8 Å². The predicted octanol–water partition coefficient (Wildman–Crippen LogP) is 3.99. The van der Waals surface area contributed by atoms with Crippen LogP contribution in [0.2, 0.25) is 0 Å². The lowest BCUT2D eigenvalue weighted by Gasteiger charge is -2.14. The number of fused-ring (bicyclic) bond motifs is 2. The lowest BCUT2D eigenvalue weighted by Crippen LogP contribution is -2.40. The highest BCUT2D eigenvalue weighted by molar-refractivity contribution is 5.85. The van der Waals surface area contributed by atoms with E-state index in [0.717, 1.165) is 39.4 Å². The summed E-state index contributed by atoms with van der Waals surface area (Å²) in [5.41, 5.74) is 2.48. The van der Waals surface area contributed by atoms with Gasteiger partial charge in [-0.25, -0.2) is 4.79 Å². The van der Waals surface area contributed by atoms with Crippen molar-refractivity contribution in [2.45, 2.75) is 39.3 Å². The van der Waals surface area contributed by atoms with Crippen molar-refractivity contribution in [2.75, 3.05) is 0 Å². The Labute approximate surface area is 190 Å². The number of carboxylic acids is 1. The summed E-state index contributed by atoms with van der Waals surface area (Å²) in [7, 11) is 1.96. The van der Waals surface area contributed by atoms with E-state index in [1.807, 2.05) is 60.3 Å². The number of aromatic nitrogens is 3. The number of hydrogen-bond donors (Lipinski definition) is 1. The highest BCUT2D eigenvalue weighted by Crippen LogP contribution is 2.22. The zero-order valence-electron chi connectivity index (χ0n) is 18.8. The normalized spacial score (nSPS) is 11.7. The predicted molar refractivity (Wildman–Crippen MR) is 131 cm³/mol.